The van der Waals surface area contributed by atoms with E-state index in [2.05, 4.69) is 17.3 Å². The van der Waals surface area contributed by atoms with Crippen LogP contribution in [0.1, 0.15) is 12.8 Å². The summed E-state index contributed by atoms with van der Waals surface area (Å²) in [5.41, 5.74) is 0.962. The van der Waals surface area contributed by atoms with Crippen molar-refractivity contribution in [2.24, 2.45) is 5.92 Å². The van der Waals surface area contributed by atoms with Gasteiger partial charge in [0, 0.05) is 19.2 Å². The minimum absolute atomic E-state index is 0.700. The summed E-state index contributed by atoms with van der Waals surface area (Å²) in [6.07, 6.45) is 2.58. The topological polar surface area (TPSA) is 24.5 Å². The summed E-state index contributed by atoms with van der Waals surface area (Å²) in [6.45, 7) is 3.35. The van der Waals surface area contributed by atoms with E-state index in [4.69, 9.17) is 16.3 Å². The maximum Gasteiger partial charge on any atom is 0.121 e. The number of halogens is 1. The van der Waals surface area contributed by atoms with Gasteiger partial charge in [-0.1, -0.05) is 11.6 Å². The molecule has 1 N–H and O–H groups in total. The molecule has 18 heavy (non-hydrogen) atoms. The molecule has 1 unspecified atom stereocenters. The largest absolute Gasteiger partial charge is 0.497 e. The SMILES string of the molecule is COc1ccc(Cl)c(NCC2CCCN(C)C2)c1. The Labute approximate surface area is 114 Å². The fourth-order valence-electron chi connectivity index (χ4n) is 2.46. The Morgan fingerprint density at radius 2 is 2.33 bits per heavy atom. The van der Waals surface area contributed by atoms with E-state index in [-0.39, 0.29) is 0 Å². The predicted molar refractivity (Wildman–Crippen MR) is 76.7 cm³/mol. The van der Waals surface area contributed by atoms with Crippen LogP contribution < -0.4 is 10.1 Å². The van der Waals surface area contributed by atoms with Crippen LogP contribution in [0.25, 0.3) is 0 Å². The fraction of sp³-hybridized carbons (Fsp3) is 0.571. The number of piperidine rings is 1. The van der Waals surface area contributed by atoms with Gasteiger partial charge in [0.15, 0.2) is 0 Å². The number of nitrogens with one attached hydrogen (secondary N) is 1. The van der Waals surface area contributed by atoms with Crippen LogP contribution >= 0.6 is 11.6 Å². The lowest BCUT2D eigenvalue weighted by atomic mass is 9.98. The van der Waals surface area contributed by atoms with E-state index in [9.17, 15) is 0 Å². The highest BCUT2D eigenvalue weighted by Crippen LogP contribution is 2.27. The van der Waals surface area contributed by atoms with E-state index in [1.165, 1.54) is 19.4 Å². The Balaban J connectivity index is 1.92. The molecule has 0 saturated carbocycles. The average Bonchev–Trinajstić information content (AvgIpc) is 2.38. The Morgan fingerprint density at radius 3 is 3.06 bits per heavy atom. The minimum Gasteiger partial charge on any atom is -0.497 e. The van der Waals surface area contributed by atoms with Crippen molar-refractivity contribution in [2.45, 2.75) is 12.8 Å². The molecule has 0 aromatic heterocycles. The molecule has 0 radical (unpaired) electrons. The van der Waals surface area contributed by atoms with Gasteiger partial charge in [-0.05, 0) is 44.5 Å². The molecule has 100 valence electrons. The van der Waals surface area contributed by atoms with Gasteiger partial charge in [-0.2, -0.15) is 0 Å². The average molecular weight is 269 g/mol. The van der Waals surface area contributed by atoms with E-state index in [1.807, 2.05) is 18.2 Å². The van der Waals surface area contributed by atoms with Gasteiger partial charge in [0.2, 0.25) is 0 Å². The third kappa shape index (κ3) is 3.53. The molecule has 0 amide bonds. The van der Waals surface area contributed by atoms with Gasteiger partial charge in [0.05, 0.1) is 17.8 Å². The monoisotopic (exact) mass is 268 g/mol. The molecule has 0 spiro atoms. The Morgan fingerprint density at radius 1 is 1.50 bits per heavy atom. The number of likely N-dealkylation sites (tertiary alicyclic amines) is 1. The van der Waals surface area contributed by atoms with Crippen molar-refractivity contribution in [1.82, 2.24) is 4.90 Å². The smallest absolute Gasteiger partial charge is 0.121 e. The Hall–Kier alpha value is -0.930. The number of methoxy groups -OCH3 is 1. The second-order valence-corrected chi connectivity index (χ2v) is 5.40. The summed E-state index contributed by atoms with van der Waals surface area (Å²) in [6, 6.07) is 5.70. The number of nitrogens with zero attached hydrogens (tertiary/aromatic N) is 1. The van der Waals surface area contributed by atoms with Gasteiger partial charge >= 0.3 is 0 Å². The summed E-state index contributed by atoms with van der Waals surface area (Å²) in [4.78, 5) is 2.39. The first-order valence-electron chi connectivity index (χ1n) is 6.45. The molecule has 1 aliphatic rings. The molecule has 1 aromatic carbocycles. The van der Waals surface area contributed by atoms with E-state index in [1.54, 1.807) is 7.11 Å². The number of hydrogen-bond acceptors (Lipinski definition) is 3. The number of anilines is 1. The molecular formula is C14H21ClN2O. The minimum atomic E-state index is 0.700. The first kappa shape index (κ1) is 13.5. The van der Waals surface area contributed by atoms with Gasteiger partial charge in [0.25, 0.3) is 0 Å². The van der Waals surface area contributed by atoms with Crippen molar-refractivity contribution in [3.05, 3.63) is 23.2 Å². The Kier molecular flexibility index (Phi) is 4.72. The molecule has 3 nitrogen and oxygen atoms in total. The number of rotatable bonds is 4. The van der Waals surface area contributed by atoms with E-state index in [0.717, 1.165) is 29.5 Å². The highest BCUT2D eigenvalue weighted by molar-refractivity contribution is 6.33. The van der Waals surface area contributed by atoms with Gasteiger partial charge in [0.1, 0.15) is 5.75 Å². The van der Waals surface area contributed by atoms with Gasteiger partial charge in [-0.15, -0.1) is 0 Å². The molecule has 1 heterocycles. The molecule has 4 heteroatoms. The number of ether oxygens (including phenoxy) is 1. The first-order valence-corrected chi connectivity index (χ1v) is 6.83. The lowest BCUT2D eigenvalue weighted by Crippen LogP contribution is -2.35. The zero-order chi connectivity index (χ0) is 13.0. The lowest BCUT2D eigenvalue weighted by Gasteiger charge is -2.30. The van der Waals surface area contributed by atoms with Gasteiger partial charge in [-0.25, -0.2) is 0 Å². The standard InChI is InChI=1S/C14H21ClN2O/c1-17-7-3-4-11(10-17)9-16-14-8-12(18-2)5-6-13(14)15/h5-6,8,11,16H,3-4,7,9-10H2,1-2H3. The van der Waals surface area contributed by atoms with Crippen molar-refractivity contribution in [3.63, 3.8) is 0 Å². The number of benzene rings is 1. The molecule has 1 fully saturated rings. The second kappa shape index (κ2) is 6.30. The Bertz CT molecular complexity index is 397. The first-order chi connectivity index (χ1) is 8.69. The highest BCUT2D eigenvalue weighted by Gasteiger charge is 2.17. The maximum absolute atomic E-state index is 6.17. The quantitative estimate of drug-likeness (QED) is 0.908. The molecule has 0 aliphatic carbocycles. The second-order valence-electron chi connectivity index (χ2n) is 5.00. The van der Waals surface area contributed by atoms with Crippen LogP contribution in [-0.2, 0) is 0 Å². The summed E-state index contributed by atoms with van der Waals surface area (Å²) in [5.74, 6) is 1.54. The van der Waals surface area contributed by atoms with E-state index >= 15 is 0 Å². The van der Waals surface area contributed by atoms with Crippen LogP contribution in [0.15, 0.2) is 18.2 Å². The molecular weight excluding hydrogens is 248 g/mol. The fourth-order valence-corrected chi connectivity index (χ4v) is 2.65. The zero-order valence-electron chi connectivity index (χ0n) is 11.1. The summed E-state index contributed by atoms with van der Waals surface area (Å²) >= 11 is 6.17. The van der Waals surface area contributed by atoms with Crippen LogP contribution in [0, 0.1) is 5.92 Å². The number of hydrogen-bond donors (Lipinski definition) is 1. The maximum atomic E-state index is 6.17. The molecule has 1 atom stereocenters. The lowest BCUT2D eigenvalue weighted by molar-refractivity contribution is 0.217. The molecule has 2 rings (SSSR count). The van der Waals surface area contributed by atoms with Gasteiger partial charge in [-0.3, -0.25) is 0 Å². The van der Waals surface area contributed by atoms with Crippen LogP contribution in [0.4, 0.5) is 5.69 Å². The predicted octanol–water partition coefficient (Wildman–Crippen LogP) is 3.10. The summed E-state index contributed by atoms with van der Waals surface area (Å²) in [5, 5.41) is 4.19. The van der Waals surface area contributed by atoms with Crippen molar-refractivity contribution in [2.75, 3.05) is 39.1 Å². The van der Waals surface area contributed by atoms with E-state index in [0.29, 0.717) is 5.92 Å². The van der Waals surface area contributed by atoms with Crippen molar-refractivity contribution >= 4 is 17.3 Å². The van der Waals surface area contributed by atoms with Crippen LogP contribution in [0.5, 0.6) is 5.75 Å². The zero-order valence-corrected chi connectivity index (χ0v) is 11.8. The molecule has 1 saturated heterocycles. The highest BCUT2D eigenvalue weighted by atomic mass is 35.5. The molecule has 0 bridgehead atoms. The van der Waals surface area contributed by atoms with Gasteiger partial charge < -0.3 is 15.0 Å². The van der Waals surface area contributed by atoms with Crippen molar-refractivity contribution in [3.8, 4) is 5.75 Å². The van der Waals surface area contributed by atoms with Crippen LogP contribution in [0.3, 0.4) is 0 Å². The van der Waals surface area contributed by atoms with Crippen molar-refractivity contribution in [1.29, 1.82) is 0 Å². The van der Waals surface area contributed by atoms with Crippen molar-refractivity contribution < 1.29 is 4.74 Å². The summed E-state index contributed by atoms with van der Waals surface area (Å²) in [7, 11) is 3.85. The normalized spacial score (nSPS) is 20.7. The molecule has 1 aliphatic heterocycles. The van der Waals surface area contributed by atoms with Crippen LogP contribution in [0.2, 0.25) is 5.02 Å². The molecule has 1 aromatic rings. The van der Waals surface area contributed by atoms with Crippen LogP contribution in [-0.4, -0.2) is 38.7 Å². The van der Waals surface area contributed by atoms with E-state index < -0.39 is 0 Å². The third-order valence-corrected chi connectivity index (χ3v) is 3.81. The third-order valence-electron chi connectivity index (χ3n) is 3.48. The summed E-state index contributed by atoms with van der Waals surface area (Å²) < 4.78 is 5.21.